The van der Waals surface area contributed by atoms with Crippen molar-refractivity contribution in [3.05, 3.63) is 66.6 Å². The van der Waals surface area contributed by atoms with Gasteiger partial charge in [0.25, 0.3) is 0 Å². The molecule has 0 saturated heterocycles. The second-order valence-electron chi connectivity index (χ2n) is 7.16. The van der Waals surface area contributed by atoms with Gasteiger partial charge < -0.3 is 20.0 Å². The van der Waals surface area contributed by atoms with Crippen LogP contribution in [0.4, 0.5) is 10.2 Å². The standard InChI is InChI=1S/C22H20FN7O/c23-16-9-15(10-24-12-16)20-28-21(19-22(29-20)30(7-8-31)13-27-19)25-6-5-14-11-26-18-4-2-1-3-17(14)18/h1-4,9-13,26,31H,5-8H2,(H,25,28,29). The summed E-state index contributed by atoms with van der Waals surface area (Å²) in [4.78, 5) is 20.8. The number of halogens is 1. The molecule has 9 heteroatoms. The summed E-state index contributed by atoms with van der Waals surface area (Å²) in [6, 6.07) is 9.51. The molecule has 0 saturated carbocycles. The molecule has 1 aromatic carbocycles. The number of pyridine rings is 1. The van der Waals surface area contributed by atoms with Crippen LogP contribution >= 0.6 is 0 Å². The molecule has 3 N–H and O–H groups in total. The van der Waals surface area contributed by atoms with Crippen LogP contribution in [0.25, 0.3) is 33.5 Å². The van der Waals surface area contributed by atoms with Crippen LogP contribution in [-0.4, -0.2) is 47.7 Å². The Bertz CT molecular complexity index is 1360. The number of rotatable bonds is 7. The van der Waals surface area contributed by atoms with E-state index in [9.17, 15) is 9.50 Å². The zero-order chi connectivity index (χ0) is 21.2. The Morgan fingerprint density at radius 2 is 2.06 bits per heavy atom. The SMILES string of the molecule is OCCn1cnc2c(NCCc3c[nH]c4ccccc34)nc(-c3cncc(F)c3)nc21. The summed E-state index contributed by atoms with van der Waals surface area (Å²) in [5.74, 6) is 0.438. The number of aromatic nitrogens is 6. The number of para-hydroxylation sites is 1. The number of fused-ring (bicyclic) bond motifs is 2. The highest BCUT2D eigenvalue weighted by Gasteiger charge is 2.15. The van der Waals surface area contributed by atoms with E-state index in [1.165, 1.54) is 23.2 Å². The molecule has 0 amide bonds. The number of aliphatic hydroxyl groups is 1. The van der Waals surface area contributed by atoms with Crippen LogP contribution < -0.4 is 5.32 Å². The molecule has 0 bridgehead atoms. The van der Waals surface area contributed by atoms with Gasteiger partial charge in [0.2, 0.25) is 0 Å². The highest BCUT2D eigenvalue weighted by atomic mass is 19.1. The van der Waals surface area contributed by atoms with Gasteiger partial charge in [-0.25, -0.2) is 19.3 Å². The average Bonchev–Trinajstić information content (AvgIpc) is 3.39. The lowest BCUT2D eigenvalue weighted by Gasteiger charge is -2.09. The maximum absolute atomic E-state index is 13.7. The van der Waals surface area contributed by atoms with Gasteiger partial charge in [0, 0.05) is 41.9 Å². The minimum Gasteiger partial charge on any atom is -0.395 e. The van der Waals surface area contributed by atoms with E-state index >= 15 is 0 Å². The van der Waals surface area contributed by atoms with Crippen molar-refractivity contribution < 1.29 is 9.50 Å². The highest BCUT2D eigenvalue weighted by Crippen LogP contribution is 2.25. The van der Waals surface area contributed by atoms with Crippen LogP contribution in [-0.2, 0) is 13.0 Å². The monoisotopic (exact) mass is 417 g/mol. The summed E-state index contributed by atoms with van der Waals surface area (Å²) < 4.78 is 15.5. The molecule has 5 aromatic rings. The van der Waals surface area contributed by atoms with Crippen LogP contribution in [0.1, 0.15) is 5.56 Å². The third-order valence-electron chi connectivity index (χ3n) is 5.13. The first kappa shape index (κ1) is 19.1. The molecule has 8 nitrogen and oxygen atoms in total. The fraction of sp³-hybridized carbons (Fsp3) is 0.182. The summed E-state index contributed by atoms with van der Waals surface area (Å²) in [7, 11) is 0. The number of imidazole rings is 1. The van der Waals surface area contributed by atoms with Crippen LogP contribution in [0.15, 0.2) is 55.2 Å². The van der Waals surface area contributed by atoms with E-state index < -0.39 is 5.82 Å². The number of anilines is 1. The molecule has 0 radical (unpaired) electrons. The van der Waals surface area contributed by atoms with Crippen molar-refractivity contribution >= 4 is 27.9 Å². The van der Waals surface area contributed by atoms with E-state index in [1.54, 1.807) is 10.9 Å². The Morgan fingerprint density at radius 3 is 2.94 bits per heavy atom. The number of aromatic amines is 1. The van der Waals surface area contributed by atoms with Crippen molar-refractivity contribution in [2.24, 2.45) is 0 Å². The molecule has 4 aromatic heterocycles. The number of aliphatic hydroxyl groups excluding tert-OH is 1. The summed E-state index contributed by atoms with van der Waals surface area (Å²) in [5.41, 5.74) is 3.94. The second-order valence-corrected chi connectivity index (χ2v) is 7.16. The lowest BCUT2D eigenvalue weighted by Crippen LogP contribution is -2.09. The van der Waals surface area contributed by atoms with Crippen molar-refractivity contribution in [1.82, 2.24) is 29.5 Å². The second kappa shape index (κ2) is 8.11. The predicted molar refractivity (Wildman–Crippen MR) is 116 cm³/mol. The summed E-state index contributed by atoms with van der Waals surface area (Å²) in [6.07, 6.45) is 7.07. The molecule has 31 heavy (non-hydrogen) atoms. The molecule has 0 atom stereocenters. The molecule has 0 spiro atoms. The topological polar surface area (TPSA) is 105 Å². The fourth-order valence-corrected chi connectivity index (χ4v) is 3.66. The molecule has 156 valence electrons. The minimum atomic E-state index is -0.459. The molecule has 4 heterocycles. The molecule has 0 aliphatic heterocycles. The molecule has 5 rings (SSSR count). The number of H-pyrrole nitrogens is 1. The van der Waals surface area contributed by atoms with Crippen LogP contribution in [0, 0.1) is 5.82 Å². The molecular weight excluding hydrogens is 397 g/mol. The van der Waals surface area contributed by atoms with Gasteiger partial charge in [-0.05, 0) is 24.1 Å². The molecule has 0 unspecified atom stereocenters. The maximum atomic E-state index is 13.7. The van der Waals surface area contributed by atoms with Gasteiger partial charge in [0.1, 0.15) is 11.3 Å². The number of nitrogens with zero attached hydrogens (tertiary/aromatic N) is 5. The quantitative estimate of drug-likeness (QED) is 0.376. The smallest absolute Gasteiger partial charge is 0.166 e. The van der Waals surface area contributed by atoms with Crippen LogP contribution in [0.5, 0.6) is 0 Å². The van der Waals surface area contributed by atoms with Gasteiger partial charge in [0.15, 0.2) is 17.3 Å². The van der Waals surface area contributed by atoms with Gasteiger partial charge >= 0.3 is 0 Å². The zero-order valence-corrected chi connectivity index (χ0v) is 16.6. The van der Waals surface area contributed by atoms with E-state index in [0.717, 1.165) is 18.1 Å². The van der Waals surface area contributed by atoms with E-state index in [4.69, 9.17) is 0 Å². The molecular formula is C22H20FN7O. The molecule has 0 aliphatic carbocycles. The van der Waals surface area contributed by atoms with Gasteiger partial charge in [0.05, 0.1) is 19.1 Å². The minimum absolute atomic E-state index is 0.0460. The van der Waals surface area contributed by atoms with Crippen LogP contribution in [0.3, 0.4) is 0 Å². The maximum Gasteiger partial charge on any atom is 0.166 e. The number of hydrogen-bond donors (Lipinski definition) is 3. The Hall–Kier alpha value is -3.85. The lowest BCUT2D eigenvalue weighted by molar-refractivity contribution is 0.277. The van der Waals surface area contributed by atoms with Crippen molar-refractivity contribution in [3.8, 4) is 11.4 Å². The predicted octanol–water partition coefficient (Wildman–Crippen LogP) is 3.16. The van der Waals surface area contributed by atoms with Crippen molar-refractivity contribution in [2.75, 3.05) is 18.5 Å². The van der Waals surface area contributed by atoms with E-state index in [2.05, 4.69) is 36.3 Å². The largest absolute Gasteiger partial charge is 0.395 e. The number of benzene rings is 1. The summed E-state index contributed by atoms with van der Waals surface area (Å²) >= 11 is 0. The van der Waals surface area contributed by atoms with Crippen molar-refractivity contribution in [3.63, 3.8) is 0 Å². The van der Waals surface area contributed by atoms with Gasteiger partial charge in [-0.15, -0.1) is 0 Å². The zero-order valence-electron chi connectivity index (χ0n) is 16.6. The van der Waals surface area contributed by atoms with E-state index in [-0.39, 0.29) is 6.61 Å². The van der Waals surface area contributed by atoms with E-state index in [0.29, 0.717) is 41.5 Å². The Balaban J connectivity index is 1.47. The van der Waals surface area contributed by atoms with Crippen molar-refractivity contribution in [2.45, 2.75) is 13.0 Å². The summed E-state index contributed by atoms with van der Waals surface area (Å²) in [5, 5.41) is 13.9. The number of hydrogen-bond acceptors (Lipinski definition) is 6. The molecule has 0 aliphatic rings. The first-order valence-electron chi connectivity index (χ1n) is 9.96. The Kier molecular flexibility index (Phi) is 5.01. The third kappa shape index (κ3) is 3.71. The van der Waals surface area contributed by atoms with E-state index in [1.807, 2.05) is 24.4 Å². The highest BCUT2D eigenvalue weighted by molar-refractivity contribution is 5.85. The van der Waals surface area contributed by atoms with Gasteiger partial charge in [-0.3, -0.25) is 4.98 Å². The Labute approximate surface area is 176 Å². The lowest BCUT2D eigenvalue weighted by atomic mass is 10.1. The normalized spacial score (nSPS) is 11.4. The first-order valence-corrected chi connectivity index (χ1v) is 9.96. The average molecular weight is 417 g/mol. The summed E-state index contributed by atoms with van der Waals surface area (Å²) in [6.45, 7) is 0.931. The van der Waals surface area contributed by atoms with Gasteiger partial charge in [-0.2, -0.15) is 0 Å². The van der Waals surface area contributed by atoms with Crippen molar-refractivity contribution in [1.29, 1.82) is 0 Å². The third-order valence-corrected chi connectivity index (χ3v) is 5.13. The number of nitrogens with one attached hydrogen (secondary N) is 2. The Morgan fingerprint density at radius 1 is 1.16 bits per heavy atom. The first-order chi connectivity index (χ1) is 15.2. The molecule has 0 fully saturated rings. The van der Waals surface area contributed by atoms with Crippen LogP contribution in [0.2, 0.25) is 0 Å². The fourth-order valence-electron chi connectivity index (χ4n) is 3.66. The van der Waals surface area contributed by atoms with Gasteiger partial charge in [-0.1, -0.05) is 18.2 Å².